The van der Waals surface area contributed by atoms with Gasteiger partial charge < -0.3 is 10.0 Å². The van der Waals surface area contributed by atoms with Crippen molar-refractivity contribution in [3.05, 3.63) is 10.3 Å². The fourth-order valence-corrected chi connectivity index (χ4v) is 2.70. The number of likely N-dealkylation sites (N-methyl/N-ethyl adjacent to an activating group) is 1. The number of β-amino-alcohol motifs (C(OH)–C–C–N with tert-alkyl or cyclic N) is 1. The van der Waals surface area contributed by atoms with Crippen molar-refractivity contribution in [3.63, 3.8) is 0 Å². The van der Waals surface area contributed by atoms with Crippen LogP contribution in [0, 0.1) is 0 Å². The second kappa shape index (κ2) is 3.29. The third-order valence-electron chi connectivity index (χ3n) is 2.67. The Morgan fingerprint density at radius 1 is 1.50 bits per heavy atom. The third kappa shape index (κ3) is 1.47. The Morgan fingerprint density at radius 3 is 2.64 bits per heavy atom. The normalized spacial score (nSPS) is 28.6. The maximum atomic E-state index is 10.4. The monoisotopic (exact) mass is 260 g/mol. The molecule has 0 radical (unpaired) electrons. The van der Waals surface area contributed by atoms with E-state index in [-0.39, 0.29) is 0 Å². The van der Waals surface area contributed by atoms with Crippen molar-refractivity contribution in [2.45, 2.75) is 12.0 Å². The number of aromatic nitrogens is 3. The quantitative estimate of drug-likeness (QED) is 0.779. The van der Waals surface area contributed by atoms with E-state index in [4.69, 9.17) is 0 Å². The molecule has 1 fully saturated rings. The predicted molar refractivity (Wildman–Crippen MR) is 54.7 cm³/mol. The van der Waals surface area contributed by atoms with E-state index >= 15 is 0 Å². The van der Waals surface area contributed by atoms with Crippen LogP contribution in [0.4, 0.5) is 0 Å². The molecular formula is C8H13BrN4O. The second-order valence-electron chi connectivity index (χ2n) is 3.87. The predicted octanol–water partition coefficient (Wildman–Crippen LogP) is 0.101. The molecule has 0 aliphatic carbocycles. The van der Waals surface area contributed by atoms with Crippen LogP contribution in [0.15, 0.2) is 4.60 Å². The average molecular weight is 261 g/mol. The highest BCUT2D eigenvalue weighted by Crippen LogP contribution is 2.33. The van der Waals surface area contributed by atoms with Crippen LogP contribution in [0.3, 0.4) is 0 Å². The number of likely N-dealkylation sites (tertiary alicyclic amines) is 1. The van der Waals surface area contributed by atoms with Gasteiger partial charge in [-0.3, -0.25) is 0 Å². The smallest absolute Gasteiger partial charge is 0.154 e. The van der Waals surface area contributed by atoms with Crippen LogP contribution in [0.25, 0.3) is 0 Å². The molecule has 14 heavy (non-hydrogen) atoms. The zero-order valence-corrected chi connectivity index (χ0v) is 9.82. The molecule has 0 aromatic carbocycles. The number of rotatable bonds is 1. The van der Waals surface area contributed by atoms with E-state index in [1.54, 1.807) is 11.7 Å². The SMILES string of the molecule is CN1CCC(O)(c2c(Br)nnn2C)C1. The Morgan fingerprint density at radius 2 is 2.21 bits per heavy atom. The van der Waals surface area contributed by atoms with Crippen molar-refractivity contribution in [2.75, 3.05) is 20.1 Å². The maximum absolute atomic E-state index is 10.4. The first kappa shape index (κ1) is 10.1. The molecule has 78 valence electrons. The number of nitrogens with zero attached hydrogens (tertiary/aromatic N) is 4. The molecule has 0 saturated carbocycles. The van der Waals surface area contributed by atoms with Gasteiger partial charge in [0.05, 0.1) is 0 Å². The largest absolute Gasteiger partial charge is 0.382 e. The summed E-state index contributed by atoms with van der Waals surface area (Å²) in [5, 5.41) is 18.2. The van der Waals surface area contributed by atoms with E-state index in [0.29, 0.717) is 11.1 Å². The first-order valence-electron chi connectivity index (χ1n) is 4.49. The van der Waals surface area contributed by atoms with Crippen molar-refractivity contribution < 1.29 is 5.11 Å². The molecule has 1 aromatic heterocycles. The molecule has 0 bridgehead atoms. The summed E-state index contributed by atoms with van der Waals surface area (Å²) in [5.41, 5.74) is -0.0481. The van der Waals surface area contributed by atoms with E-state index in [1.807, 2.05) is 7.05 Å². The van der Waals surface area contributed by atoms with Crippen molar-refractivity contribution in [3.8, 4) is 0 Å². The van der Waals surface area contributed by atoms with Crippen molar-refractivity contribution in [2.24, 2.45) is 7.05 Å². The fourth-order valence-electron chi connectivity index (χ4n) is 2.00. The van der Waals surface area contributed by atoms with Gasteiger partial charge >= 0.3 is 0 Å². The van der Waals surface area contributed by atoms with Gasteiger partial charge in [-0.2, -0.15) is 0 Å². The minimum absolute atomic E-state index is 0.632. The summed E-state index contributed by atoms with van der Waals surface area (Å²) in [7, 11) is 3.79. The molecule has 1 aromatic rings. The Bertz CT molecular complexity index is 334. The minimum Gasteiger partial charge on any atom is -0.382 e. The Kier molecular flexibility index (Phi) is 2.36. The summed E-state index contributed by atoms with van der Waals surface area (Å²) in [6.45, 7) is 1.53. The highest BCUT2D eigenvalue weighted by Gasteiger charge is 2.40. The fraction of sp³-hybridized carbons (Fsp3) is 0.750. The molecule has 0 spiro atoms. The molecular weight excluding hydrogens is 248 g/mol. The van der Waals surface area contributed by atoms with Gasteiger partial charge in [-0.25, -0.2) is 4.68 Å². The summed E-state index contributed by atoms with van der Waals surface area (Å²) in [4.78, 5) is 2.10. The second-order valence-corrected chi connectivity index (χ2v) is 4.62. The van der Waals surface area contributed by atoms with Gasteiger partial charge in [0.1, 0.15) is 11.3 Å². The number of aliphatic hydroxyl groups is 1. The van der Waals surface area contributed by atoms with Crippen LogP contribution in [0.5, 0.6) is 0 Å². The lowest BCUT2D eigenvalue weighted by atomic mass is 10.00. The van der Waals surface area contributed by atoms with Crippen LogP contribution >= 0.6 is 15.9 Å². The number of aryl methyl sites for hydroxylation is 1. The molecule has 6 heteroatoms. The molecule has 1 saturated heterocycles. The van der Waals surface area contributed by atoms with E-state index < -0.39 is 5.60 Å². The average Bonchev–Trinajstić information content (AvgIpc) is 2.58. The number of hydrogen-bond acceptors (Lipinski definition) is 4. The Hall–Kier alpha value is -0.460. The standard InChI is InChI=1S/C8H13BrN4O/c1-12-4-3-8(14,5-12)6-7(9)10-11-13(6)2/h14H,3-5H2,1-2H3. The van der Waals surface area contributed by atoms with Crippen molar-refractivity contribution >= 4 is 15.9 Å². The Balaban J connectivity index is 2.39. The number of halogens is 1. The van der Waals surface area contributed by atoms with Crippen LogP contribution in [0.1, 0.15) is 12.1 Å². The van der Waals surface area contributed by atoms with Gasteiger partial charge in [-0.1, -0.05) is 5.21 Å². The highest BCUT2D eigenvalue weighted by atomic mass is 79.9. The van der Waals surface area contributed by atoms with Gasteiger partial charge in [-0.05, 0) is 29.4 Å². The zero-order chi connectivity index (χ0) is 10.3. The van der Waals surface area contributed by atoms with Crippen LogP contribution < -0.4 is 0 Å². The van der Waals surface area contributed by atoms with E-state index in [1.165, 1.54) is 0 Å². The summed E-state index contributed by atoms with van der Waals surface area (Å²) in [6.07, 6.45) is 0.726. The van der Waals surface area contributed by atoms with E-state index in [2.05, 4.69) is 31.1 Å². The van der Waals surface area contributed by atoms with Crippen LogP contribution in [0.2, 0.25) is 0 Å². The lowest BCUT2D eigenvalue weighted by molar-refractivity contribution is 0.0398. The Labute approximate surface area is 90.8 Å². The molecule has 1 atom stereocenters. The molecule has 1 aliphatic heterocycles. The minimum atomic E-state index is -0.814. The summed E-state index contributed by atoms with van der Waals surface area (Å²) >= 11 is 3.31. The zero-order valence-electron chi connectivity index (χ0n) is 8.24. The van der Waals surface area contributed by atoms with Gasteiger partial charge in [0.2, 0.25) is 0 Å². The molecule has 2 rings (SSSR count). The van der Waals surface area contributed by atoms with E-state index in [0.717, 1.165) is 18.7 Å². The first-order chi connectivity index (χ1) is 6.53. The van der Waals surface area contributed by atoms with Crippen LogP contribution in [-0.2, 0) is 12.6 Å². The highest BCUT2D eigenvalue weighted by molar-refractivity contribution is 9.10. The van der Waals surface area contributed by atoms with Crippen molar-refractivity contribution in [1.82, 2.24) is 19.9 Å². The van der Waals surface area contributed by atoms with Gasteiger partial charge in [0.15, 0.2) is 4.60 Å². The van der Waals surface area contributed by atoms with Gasteiger partial charge in [0, 0.05) is 20.1 Å². The molecule has 1 N–H and O–H groups in total. The lowest BCUT2D eigenvalue weighted by Gasteiger charge is -2.22. The topological polar surface area (TPSA) is 54.2 Å². The summed E-state index contributed by atoms with van der Waals surface area (Å²) in [5.74, 6) is 0. The maximum Gasteiger partial charge on any atom is 0.154 e. The third-order valence-corrected chi connectivity index (χ3v) is 3.20. The van der Waals surface area contributed by atoms with E-state index in [9.17, 15) is 5.11 Å². The summed E-state index contributed by atoms with van der Waals surface area (Å²) < 4.78 is 2.27. The molecule has 5 nitrogen and oxygen atoms in total. The van der Waals surface area contributed by atoms with Gasteiger partial charge in [0.25, 0.3) is 0 Å². The number of hydrogen-bond donors (Lipinski definition) is 1. The molecule has 2 heterocycles. The van der Waals surface area contributed by atoms with Crippen molar-refractivity contribution in [1.29, 1.82) is 0 Å². The molecule has 1 aliphatic rings. The molecule has 1 unspecified atom stereocenters. The first-order valence-corrected chi connectivity index (χ1v) is 5.29. The lowest BCUT2D eigenvalue weighted by Crippen LogP contribution is -2.31. The molecule has 0 amide bonds. The van der Waals surface area contributed by atoms with Crippen LogP contribution in [-0.4, -0.2) is 45.1 Å². The van der Waals surface area contributed by atoms with Gasteiger partial charge in [-0.15, -0.1) is 5.10 Å². The summed E-state index contributed by atoms with van der Waals surface area (Å²) in [6, 6.07) is 0.